The maximum Gasteiger partial charge on any atom is 0.329 e. The first-order valence-corrected chi connectivity index (χ1v) is 7.50. The third kappa shape index (κ3) is 4.47. The predicted octanol–water partition coefficient (Wildman–Crippen LogP) is 2.34. The van der Waals surface area contributed by atoms with Crippen molar-refractivity contribution >= 4 is 11.9 Å². The third-order valence-corrected chi connectivity index (χ3v) is 4.50. The molecule has 5 heteroatoms. The quantitative estimate of drug-likeness (QED) is 0.753. The summed E-state index contributed by atoms with van der Waals surface area (Å²) in [6, 6.07) is 0. The number of hydrogen-bond acceptors (Lipinski definition) is 3. The summed E-state index contributed by atoms with van der Waals surface area (Å²) in [4.78, 5) is 23.5. The lowest BCUT2D eigenvalue weighted by atomic mass is 9.75. The van der Waals surface area contributed by atoms with Gasteiger partial charge in [0.25, 0.3) is 0 Å². The molecule has 2 N–H and O–H groups in total. The highest BCUT2D eigenvalue weighted by Gasteiger charge is 2.42. The maximum absolute atomic E-state index is 12.0. The fraction of sp³-hybridized carbons (Fsp3) is 0.867. The number of carboxylic acids is 1. The molecule has 116 valence electrons. The number of amides is 1. The van der Waals surface area contributed by atoms with E-state index < -0.39 is 11.5 Å². The van der Waals surface area contributed by atoms with Crippen molar-refractivity contribution in [1.82, 2.24) is 5.32 Å². The van der Waals surface area contributed by atoms with Gasteiger partial charge in [-0.15, -0.1) is 0 Å². The smallest absolute Gasteiger partial charge is 0.329 e. The number of aliphatic carboxylic acids is 1. The van der Waals surface area contributed by atoms with Gasteiger partial charge in [0.15, 0.2) is 0 Å². The van der Waals surface area contributed by atoms with Crippen LogP contribution in [0.2, 0.25) is 0 Å². The van der Waals surface area contributed by atoms with E-state index in [9.17, 15) is 14.7 Å². The molecule has 20 heavy (non-hydrogen) atoms. The maximum atomic E-state index is 12.0. The van der Waals surface area contributed by atoms with E-state index in [-0.39, 0.29) is 12.0 Å². The number of carbonyl (C=O) groups is 2. The Kier molecular flexibility index (Phi) is 6.46. The Morgan fingerprint density at radius 3 is 2.45 bits per heavy atom. The van der Waals surface area contributed by atoms with Gasteiger partial charge in [0, 0.05) is 13.5 Å². The average Bonchev–Trinajstić information content (AvgIpc) is 2.45. The Labute approximate surface area is 121 Å². The van der Waals surface area contributed by atoms with Gasteiger partial charge in [0.2, 0.25) is 5.91 Å². The molecule has 1 fully saturated rings. The van der Waals surface area contributed by atoms with Gasteiger partial charge in [-0.05, 0) is 44.9 Å². The zero-order valence-electron chi connectivity index (χ0n) is 12.8. The lowest BCUT2D eigenvalue weighted by molar-refractivity contribution is -0.149. The van der Waals surface area contributed by atoms with E-state index in [0.29, 0.717) is 31.6 Å². The topological polar surface area (TPSA) is 75.6 Å². The minimum atomic E-state index is -1.06. The van der Waals surface area contributed by atoms with Crippen molar-refractivity contribution in [3.63, 3.8) is 0 Å². The number of ether oxygens (including phenoxy) is 1. The summed E-state index contributed by atoms with van der Waals surface area (Å²) in [6.07, 6.45) is 4.82. The summed E-state index contributed by atoms with van der Waals surface area (Å²) >= 11 is 0. The van der Waals surface area contributed by atoms with Gasteiger partial charge >= 0.3 is 5.97 Å². The highest BCUT2D eigenvalue weighted by molar-refractivity contribution is 5.87. The van der Waals surface area contributed by atoms with Crippen LogP contribution < -0.4 is 5.32 Å². The number of rotatable bonds is 7. The van der Waals surface area contributed by atoms with Crippen molar-refractivity contribution in [1.29, 1.82) is 0 Å². The molecule has 0 aromatic carbocycles. The van der Waals surface area contributed by atoms with Crippen molar-refractivity contribution in [3.05, 3.63) is 0 Å². The van der Waals surface area contributed by atoms with E-state index in [2.05, 4.69) is 12.2 Å². The number of carboxylic acid groups (broad SMARTS) is 1. The second kappa shape index (κ2) is 7.62. The van der Waals surface area contributed by atoms with E-state index in [4.69, 9.17) is 4.74 Å². The zero-order valence-corrected chi connectivity index (χ0v) is 12.8. The minimum Gasteiger partial charge on any atom is -0.480 e. The van der Waals surface area contributed by atoms with Crippen LogP contribution in [-0.2, 0) is 14.3 Å². The van der Waals surface area contributed by atoms with Gasteiger partial charge in [0.05, 0.1) is 6.10 Å². The molecule has 0 heterocycles. The molecule has 1 aliphatic rings. The second-order valence-electron chi connectivity index (χ2n) is 5.87. The van der Waals surface area contributed by atoms with E-state index >= 15 is 0 Å². The molecule has 0 bridgehead atoms. The van der Waals surface area contributed by atoms with Gasteiger partial charge in [-0.1, -0.05) is 13.3 Å². The van der Waals surface area contributed by atoms with E-state index in [1.54, 1.807) is 7.11 Å². The van der Waals surface area contributed by atoms with Crippen LogP contribution in [0.15, 0.2) is 0 Å². The Morgan fingerprint density at radius 1 is 1.40 bits per heavy atom. The van der Waals surface area contributed by atoms with Crippen LogP contribution in [0.3, 0.4) is 0 Å². The van der Waals surface area contributed by atoms with Crippen LogP contribution in [0.25, 0.3) is 0 Å². The SMILES string of the molecule is CCC1CCC(NC(=O)CCC(C)OC)(C(=O)O)CC1. The first kappa shape index (κ1) is 17.0. The van der Waals surface area contributed by atoms with Gasteiger partial charge in [-0.3, -0.25) is 4.79 Å². The fourth-order valence-corrected chi connectivity index (χ4v) is 2.75. The van der Waals surface area contributed by atoms with E-state index in [0.717, 1.165) is 19.3 Å². The molecule has 1 aliphatic carbocycles. The van der Waals surface area contributed by atoms with Crippen molar-refractivity contribution < 1.29 is 19.4 Å². The molecule has 1 rings (SSSR count). The Bertz CT molecular complexity index is 335. The predicted molar refractivity (Wildman–Crippen MR) is 76.5 cm³/mol. The largest absolute Gasteiger partial charge is 0.480 e. The first-order chi connectivity index (χ1) is 9.43. The molecule has 5 nitrogen and oxygen atoms in total. The molecular weight excluding hydrogens is 258 g/mol. The average molecular weight is 285 g/mol. The van der Waals surface area contributed by atoms with Crippen LogP contribution in [0.1, 0.15) is 58.8 Å². The van der Waals surface area contributed by atoms with Gasteiger partial charge < -0.3 is 15.2 Å². The number of nitrogens with one attached hydrogen (secondary N) is 1. The highest BCUT2D eigenvalue weighted by Crippen LogP contribution is 2.34. The van der Waals surface area contributed by atoms with Gasteiger partial charge in [0.1, 0.15) is 5.54 Å². The van der Waals surface area contributed by atoms with Crippen LogP contribution in [0.5, 0.6) is 0 Å². The first-order valence-electron chi connectivity index (χ1n) is 7.50. The van der Waals surface area contributed by atoms with Crippen LogP contribution >= 0.6 is 0 Å². The molecule has 1 saturated carbocycles. The summed E-state index contributed by atoms with van der Waals surface area (Å²) in [7, 11) is 1.60. The molecular formula is C15H27NO4. The van der Waals surface area contributed by atoms with Gasteiger partial charge in [-0.2, -0.15) is 0 Å². The second-order valence-corrected chi connectivity index (χ2v) is 5.87. The highest BCUT2D eigenvalue weighted by atomic mass is 16.5. The summed E-state index contributed by atoms with van der Waals surface area (Å²) in [5.74, 6) is -0.501. The summed E-state index contributed by atoms with van der Waals surface area (Å²) in [5.41, 5.74) is -1.06. The van der Waals surface area contributed by atoms with Crippen LogP contribution in [0.4, 0.5) is 0 Å². The van der Waals surface area contributed by atoms with Crippen molar-refractivity contribution in [2.24, 2.45) is 5.92 Å². The van der Waals surface area contributed by atoms with E-state index in [1.165, 1.54) is 0 Å². The zero-order chi connectivity index (χ0) is 15.2. The normalized spacial score (nSPS) is 27.9. The molecule has 0 aromatic heterocycles. The summed E-state index contributed by atoms with van der Waals surface area (Å²) in [5, 5.41) is 12.2. The Morgan fingerprint density at radius 2 is 2.00 bits per heavy atom. The lowest BCUT2D eigenvalue weighted by Crippen LogP contribution is -2.56. The fourth-order valence-electron chi connectivity index (χ4n) is 2.75. The molecule has 1 unspecified atom stereocenters. The van der Waals surface area contributed by atoms with Crippen LogP contribution in [-0.4, -0.2) is 35.7 Å². The Balaban J connectivity index is 2.55. The molecule has 0 spiro atoms. The van der Waals surface area contributed by atoms with Crippen molar-refractivity contribution in [2.75, 3.05) is 7.11 Å². The van der Waals surface area contributed by atoms with Crippen molar-refractivity contribution in [3.8, 4) is 0 Å². The minimum absolute atomic E-state index is 0.0114. The summed E-state index contributed by atoms with van der Waals surface area (Å²) < 4.78 is 5.10. The number of carbonyl (C=O) groups excluding carboxylic acids is 1. The lowest BCUT2D eigenvalue weighted by Gasteiger charge is -2.37. The molecule has 0 radical (unpaired) electrons. The Hall–Kier alpha value is -1.10. The number of methoxy groups -OCH3 is 1. The molecule has 0 aromatic rings. The molecule has 0 aliphatic heterocycles. The standard InChI is InChI=1S/C15H27NO4/c1-4-12-7-9-15(10-8-12,14(18)19)16-13(17)6-5-11(2)20-3/h11-12H,4-10H2,1-3H3,(H,16,17)(H,18,19). The monoisotopic (exact) mass is 285 g/mol. The molecule has 1 atom stereocenters. The molecule has 0 saturated heterocycles. The number of hydrogen-bond donors (Lipinski definition) is 2. The van der Waals surface area contributed by atoms with Crippen LogP contribution in [0, 0.1) is 5.92 Å². The van der Waals surface area contributed by atoms with Crippen molar-refractivity contribution in [2.45, 2.75) is 70.4 Å². The molecule has 1 amide bonds. The third-order valence-electron chi connectivity index (χ3n) is 4.50. The summed E-state index contributed by atoms with van der Waals surface area (Å²) in [6.45, 7) is 4.02. The van der Waals surface area contributed by atoms with E-state index in [1.807, 2.05) is 6.92 Å². The van der Waals surface area contributed by atoms with Gasteiger partial charge in [-0.25, -0.2) is 4.79 Å².